The Balaban J connectivity index is 2.78. The lowest BCUT2D eigenvalue weighted by molar-refractivity contribution is -0.384. The fourth-order valence-electron chi connectivity index (χ4n) is 1.64. The number of esters is 1. The Bertz CT molecular complexity index is 437. The van der Waals surface area contributed by atoms with Crippen LogP contribution in [0.25, 0.3) is 0 Å². The predicted molar refractivity (Wildman–Crippen MR) is 67.2 cm³/mol. The molecule has 0 aliphatic rings. The smallest absolute Gasteiger partial charge is 0.311 e. The Morgan fingerprint density at radius 3 is 2.33 bits per heavy atom. The van der Waals surface area contributed by atoms with Crippen LogP contribution in [0.1, 0.15) is 26.3 Å². The third-order valence-corrected chi connectivity index (χ3v) is 2.62. The van der Waals surface area contributed by atoms with Crippen molar-refractivity contribution >= 4 is 11.7 Å². The molecule has 0 saturated carbocycles. The van der Waals surface area contributed by atoms with E-state index in [4.69, 9.17) is 4.74 Å². The van der Waals surface area contributed by atoms with Crippen LogP contribution in [-0.2, 0) is 16.0 Å². The summed E-state index contributed by atoms with van der Waals surface area (Å²) in [6.07, 6.45) is 0.490. The molecular formula is C13H17NO4. The van der Waals surface area contributed by atoms with Crippen molar-refractivity contribution in [2.75, 3.05) is 6.61 Å². The number of carbonyl (C=O) groups excluding carboxylic acids is 1. The van der Waals surface area contributed by atoms with Gasteiger partial charge in [0.05, 0.1) is 16.9 Å². The van der Waals surface area contributed by atoms with Crippen molar-refractivity contribution in [2.24, 2.45) is 5.41 Å². The summed E-state index contributed by atoms with van der Waals surface area (Å²) in [5, 5.41) is 10.5. The van der Waals surface area contributed by atoms with E-state index >= 15 is 0 Å². The molecule has 1 aromatic carbocycles. The lowest BCUT2D eigenvalue weighted by Crippen LogP contribution is -2.28. The Labute approximate surface area is 106 Å². The fourth-order valence-corrected chi connectivity index (χ4v) is 1.64. The van der Waals surface area contributed by atoms with Crippen LogP contribution in [0, 0.1) is 15.5 Å². The van der Waals surface area contributed by atoms with Gasteiger partial charge in [-0.3, -0.25) is 14.9 Å². The minimum Gasteiger partial charge on any atom is -0.466 e. The van der Waals surface area contributed by atoms with Crippen molar-refractivity contribution in [3.05, 3.63) is 39.9 Å². The molecule has 1 aromatic rings. The van der Waals surface area contributed by atoms with Gasteiger partial charge in [-0.25, -0.2) is 0 Å². The zero-order valence-corrected chi connectivity index (χ0v) is 10.8. The summed E-state index contributed by atoms with van der Waals surface area (Å²) in [4.78, 5) is 21.8. The van der Waals surface area contributed by atoms with E-state index in [0.29, 0.717) is 13.0 Å². The standard InChI is InChI=1S/C13H17NO4/c1-4-18-12(15)13(2,3)9-10-5-7-11(8-6-10)14(16)17/h5-8H,4,9H2,1-3H3. The molecule has 0 atom stereocenters. The fraction of sp³-hybridized carbons (Fsp3) is 0.462. The molecule has 1 rings (SSSR count). The maximum atomic E-state index is 11.7. The molecule has 0 N–H and O–H groups in total. The van der Waals surface area contributed by atoms with Crippen molar-refractivity contribution in [1.82, 2.24) is 0 Å². The summed E-state index contributed by atoms with van der Waals surface area (Å²) in [7, 11) is 0. The van der Waals surface area contributed by atoms with E-state index in [1.54, 1.807) is 32.9 Å². The number of non-ortho nitro benzene ring substituents is 1. The van der Waals surface area contributed by atoms with Crippen LogP contribution in [0.4, 0.5) is 5.69 Å². The molecule has 5 heteroatoms. The number of rotatable bonds is 5. The van der Waals surface area contributed by atoms with Crippen LogP contribution in [0.5, 0.6) is 0 Å². The van der Waals surface area contributed by atoms with Crippen molar-refractivity contribution in [3.63, 3.8) is 0 Å². The number of nitro benzene ring substituents is 1. The average molecular weight is 251 g/mol. The summed E-state index contributed by atoms with van der Waals surface area (Å²) in [6.45, 7) is 5.71. The number of hydrogen-bond donors (Lipinski definition) is 0. The number of nitrogens with zero attached hydrogens (tertiary/aromatic N) is 1. The van der Waals surface area contributed by atoms with Crippen LogP contribution in [0.15, 0.2) is 24.3 Å². The normalized spacial score (nSPS) is 11.1. The monoisotopic (exact) mass is 251 g/mol. The largest absolute Gasteiger partial charge is 0.466 e. The van der Waals surface area contributed by atoms with Crippen molar-refractivity contribution < 1.29 is 14.5 Å². The first-order valence-electron chi connectivity index (χ1n) is 5.77. The van der Waals surface area contributed by atoms with Crippen molar-refractivity contribution in [1.29, 1.82) is 0 Å². The Morgan fingerprint density at radius 1 is 1.33 bits per heavy atom. The topological polar surface area (TPSA) is 69.4 Å². The molecule has 0 radical (unpaired) electrons. The van der Waals surface area contributed by atoms with E-state index in [1.807, 2.05) is 0 Å². The summed E-state index contributed by atoms with van der Waals surface area (Å²) in [5.74, 6) is -0.261. The maximum Gasteiger partial charge on any atom is 0.311 e. The van der Waals surface area contributed by atoms with Gasteiger partial charge in [-0.2, -0.15) is 0 Å². The molecule has 0 unspecified atom stereocenters. The highest BCUT2D eigenvalue weighted by Gasteiger charge is 2.29. The molecule has 5 nitrogen and oxygen atoms in total. The molecular weight excluding hydrogens is 234 g/mol. The SMILES string of the molecule is CCOC(=O)C(C)(C)Cc1ccc([N+](=O)[O-])cc1. The van der Waals surface area contributed by atoms with Crippen LogP contribution >= 0.6 is 0 Å². The van der Waals surface area contributed by atoms with Gasteiger partial charge in [0.2, 0.25) is 0 Å². The summed E-state index contributed by atoms with van der Waals surface area (Å²) in [6, 6.07) is 6.21. The Hall–Kier alpha value is -1.91. The summed E-state index contributed by atoms with van der Waals surface area (Å²) >= 11 is 0. The third kappa shape index (κ3) is 3.55. The molecule has 0 aliphatic carbocycles. The van der Waals surface area contributed by atoms with Gasteiger partial charge in [-0.1, -0.05) is 12.1 Å². The first-order valence-corrected chi connectivity index (χ1v) is 5.77. The van der Waals surface area contributed by atoms with E-state index in [-0.39, 0.29) is 11.7 Å². The van der Waals surface area contributed by atoms with E-state index < -0.39 is 10.3 Å². The van der Waals surface area contributed by atoms with E-state index in [1.165, 1.54) is 12.1 Å². The average Bonchev–Trinajstić information content (AvgIpc) is 2.29. The molecule has 0 saturated heterocycles. The highest BCUT2D eigenvalue weighted by atomic mass is 16.6. The van der Waals surface area contributed by atoms with Gasteiger partial charge in [0.25, 0.3) is 5.69 Å². The van der Waals surface area contributed by atoms with Crippen LogP contribution in [-0.4, -0.2) is 17.5 Å². The lowest BCUT2D eigenvalue weighted by Gasteiger charge is -2.22. The summed E-state index contributed by atoms with van der Waals surface area (Å²) in [5.41, 5.74) is 0.290. The quantitative estimate of drug-likeness (QED) is 0.458. The maximum absolute atomic E-state index is 11.7. The lowest BCUT2D eigenvalue weighted by atomic mass is 9.86. The first-order chi connectivity index (χ1) is 8.36. The molecule has 0 heterocycles. The first kappa shape index (κ1) is 14.2. The molecule has 0 bridgehead atoms. The number of ether oxygens (including phenoxy) is 1. The number of hydrogen-bond acceptors (Lipinski definition) is 4. The second kappa shape index (κ2) is 5.62. The predicted octanol–water partition coefficient (Wildman–Crippen LogP) is 2.73. The molecule has 18 heavy (non-hydrogen) atoms. The molecule has 98 valence electrons. The number of carbonyl (C=O) groups is 1. The van der Waals surface area contributed by atoms with Gasteiger partial charge in [0.1, 0.15) is 0 Å². The number of nitro groups is 1. The Kier molecular flexibility index (Phi) is 4.42. The molecule has 0 aromatic heterocycles. The second-order valence-corrected chi connectivity index (χ2v) is 4.70. The van der Waals surface area contributed by atoms with Crippen molar-refractivity contribution in [3.8, 4) is 0 Å². The van der Waals surface area contributed by atoms with Gasteiger partial charge in [-0.15, -0.1) is 0 Å². The zero-order chi connectivity index (χ0) is 13.8. The summed E-state index contributed by atoms with van der Waals surface area (Å²) < 4.78 is 4.99. The third-order valence-electron chi connectivity index (χ3n) is 2.62. The van der Waals surface area contributed by atoms with Crippen LogP contribution < -0.4 is 0 Å². The minimum absolute atomic E-state index is 0.0488. The highest BCUT2D eigenvalue weighted by Crippen LogP contribution is 2.24. The van der Waals surface area contributed by atoms with E-state index in [2.05, 4.69) is 0 Å². The number of benzene rings is 1. The molecule has 0 fully saturated rings. The molecule has 0 aliphatic heterocycles. The Morgan fingerprint density at radius 2 is 1.89 bits per heavy atom. The van der Waals surface area contributed by atoms with Gasteiger partial charge in [0, 0.05) is 12.1 Å². The van der Waals surface area contributed by atoms with Gasteiger partial charge < -0.3 is 4.74 Å². The van der Waals surface area contributed by atoms with Gasteiger partial charge in [0.15, 0.2) is 0 Å². The molecule has 0 spiro atoms. The highest BCUT2D eigenvalue weighted by molar-refractivity contribution is 5.76. The zero-order valence-electron chi connectivity index (χ0n) is 10.8. The van der Waals surface area contributed by atoms with Gasteiger partial charge >= 0.3 is 5.97 Å². The van der Waals surface area contributed by atoms with E-state index in [9.17, 15) is 14.9 Å². The van der Waals surface area contributed by atoms with Crippen LogP contribution in [0.3, 0.4) is 0 Å². The van der Waals surface area contributed by atoms with Gasteiger partial charge in [-0.05, 0) is 32.8 Å². The van der Waals surface area contributed by atoms with Crippen molar-refractivity contribution in [2.45, 2.75) is 27.2 Å². The van der Waals surface area contributed by atoms with Crippen LogP contribution in [0.2, 0.25) is 0 Å². The minimum atomic E-state index is -0.633. The van der Waals surface area contributed by atoms with E-state index in [0.717, 1.165) is 5.56 Å². The second-order valence-electron chi connectivity index (χ2n) is 4.70. The molecule has 0 amide bonds.